The number of aromatic nitrogens is 2. The van der Waals surface area contributed by atoms with E-state index in [0.717, 1.165) is 28.5 Å². The van der Waals surface area contributed by atoms with Crippen LogP contribution in [0.25, 0.3) is 11.3 Å². The number of nitrogen functional groups attached to an aromatic ring is 1. The summed E-state index contributed by atoms with van der Waals surface area (Å²) < 4.78 is 7.64. The number of nitrogens with two attached hydrogens (primary N) is 1. The maximum atomic E-state index is 7.99. The molecule has 1 fully saturated rings. The van der Waals surface area contributed by atoms with Gasteiger partial charge in [0.1, 0.15) is 23.1 Å². The van der Waals surface area contributed by atoms with Gasteiger partial charge in [-0.25, -0.2) is 0 Å². The summed E-state index contributed by atoms with van der Waals surface area (Å²) in [5, 5.41) is 15.4. The maximum Gasteiger partial charge on any atom is 0.140 e. The Morgan fingerprint density at radius 3 is 2.68 bits per heavy atom. The van der Waals surface area contributed by atoms with Crippen LogP contribution in [0.1, 0.15) is 55.7 Å². The smallest absolute Gasteiger partial charge is 0.140 e. The van der Waals surface area contributed by atoms with Gasteiger partial charge in [-0.15, -0.1) is 0 Å². The molecule has 0 spiro atoms. The predicted molar refractivity (Wildman–Crippen MR) is 87.6 cm³/mol. The van der Waals surface area contributed by atoms with Crippen LogP contribution in [0.2, 0.25) is 0 Å². The second-order valence-corrected chi connectivity index (χ2v) is 6.20. The second-order valence-electron chi connectivity index (χ2n) is 6.20. The van der Waals surface area contributed by atoms with Crippen molar-refractivity contribution in [2.75, 3.05) is 12.4 Å². The van der Waals surface area contributed by atoms with E-state index >= 15 is 0 Å². The van der Waals surface area contributed by atoms with Crippen molar-refractivity contribution in [2.24, 2.45) is 5.73 Å². The zero-order valence-electron chi connectivity index (χ0n) is 13.5. The van der Waals surface area contributed by atoms with Gasteiger partial charge in [0.05, 0.1) is 5.56 Å². The molecular weight excluding hydrogens is 278 g/mol. The fourth-order valence-electron chi connectivity index (χ4n) is 3.14. The molecule has 1 aliphatic carbocycles. The lowest BCUT2D eigenvalue weighted by Gasteiger charge is -2.15. The normalized spacial score (nSPS) is 14.6. The van der Waals surface area contributed by atoms with Crippen LogP contribution in [-0.4, -0.2) is 22.6 Å². The third-order valence-electron chi connectivity index (χ3n) is 4.24. The van der Waals surface area contributed by atoms with Gasteiger partial charge in [0, 0.05) is 36.3 Å². The minimum atomic E-state index is 0.0396. The number of rotatable bonds is 5. The average Bonchev–Trinajstić information content (AvgIpc) is 3.10. The molecule has 3 rings (SSSR count). The molecule has 1 aliphatic rings. The molecule has 2 aromatic heterocycles. The fourth-order valence-corrected chi connectivity index (χ4v) is 3.14. The summed E-state index contributed by atoms with van der Waals surface area (Å²) in [7, 11) is 1.85. The number of amidine groups is 1. The standard InChI is InChI=1S/C16H23N5O/c1-8(2)21-9(3)13(14(15(17)18)16(21)19-4)11-7-12(22-20-11)10-5-6-10/h7-8,10,19H,5-6H2,1-4H3,(H3,17,18). The highest BCUT2D eigenvalue weighted by molar-refractivity contribution is 6.06. The third-order valence-corrected chi connectivity index (χ3v) is 4.24. The maximum absolute atomic E-state index is 7.99. The third kappa shape index (κ3) is 2.19. The monoisotopic (exact) mass is 301 g/mol. The first-order chi connectivity index (χ1) is 10.5. The summed E-state index contributed by atoms with van der Waals surface area (Å²) in [5.74, 6) is 2.34. The molecule has 0 atom stereocenters. The molecule has 0 saturated heterocycles. The van der Waals surface area contributed by atoms with Crippen molar-refractivity contribution in [3.8, 4) is 11.3 Å². The topological polar surface area (TPSA) is 92.9 Å². The molecule has 22 heavy (non-hydrogen) atoms. The molecule has 0 unspecified atom stereocenters. The van der Waals surface area contributed by atoms with E-state index in [0.29, 0.717) is 11.5 Å². The van der Waals surface area contributed by atoms with Crippen LogP contribution in [0.3, 0.4) is 0 Å². The lowest BCUT2D eigenvalue weighted by Crippen LogP contribution is -2.15. The molecule has 6 heteroatoms. The first-order valence-electron chi connectivity index (χ1n) is 7.69. The van der Waals surface area contributed by atoms with Gasteiger partial charge in [0.2, 0.25) is 0 Å². The van der Waals surface area contributed by atoms with E-state index in [4.69, 9.17) is 15.7 Å². The summed E-state index contributed by atoms with van der Waals surface area (Å²) >= 11 is 0. The highest BCUT2D eigenvalue weighted by Crippen LogP contribution is 2.43. The van der Waals surface area contributed by atoms with Crippen LogP contribution in [0.5, 0.6) is 0 Å². The van der Waals surface area contributed by atoms with Crippen molar-refractivity contribution in [1.29, 1.82) is 5.41 Å². The Bertz CT molecular complexity index is 721. The highest BCUT2D eigenvalue weighted by atomic mass is 16.5. The Morgan fingerprint density at radius 1 is 1.50 bits per heavy atom. The van der Waals surface area contributed by atoms with Crippen LogP contribution in [0.15, 0.2) is 10.6 Å². The van der Waals surface area contributed by atoms with Crippen LogP contribution < -0.4 is 11.1 Å². The summed E-state index contributed by atoms with van der Waals surface area (Å²) in [4.78, 5) is 0. The van der Waals surface area contributed by atoms with Crippen LogP contribution in [-0.2, 0) is 0 Å². The first kappa shape index (κ1) is 14.7. The van der Waals surface area contributed by atoms with E-state index in [1.165, 1.54) is 12.8 Å². The Labute approximate surface area is 130 Å². The molecule has 6 nitrogen and oxygen atoms in total. The van der Waals surface area contributed by atoms with Crippen molar-refractivity contribution < 1.29 is 4.52 Å². The molecule has 118 valence electrons. The van der Waals surface area contributed by atoms with E-state index in [-0.39, 0.29) is 11.9 Å². The van der Waals surface area contributed by atoms with E-state index in [2.05, 4.69) is 28.9 Å². The lowest BCUT2D eigenvalue weighted by atomic mass is 10.1. The fraction of sp³-hybridized carbons (Fsp3) is 0.500. The van der Waals surface area contributed by atoms with E-state index in [1.54, 1.807) is 0 Å². The number of nitrogens with one attached hydrogen (secondary N) is 2. The van der Waals surface area contributed by atoms with Gasteiger partial charge in [-0.2, -0.15) is 0 Å². The molecule has 0 bridgehead atoms. The number of hydrogen-bond donors (Lipinski definition) is 3. The SMILES string of the molecule is CNc1c(C(=N)N)c(-c2cc(C3CC3)on2)c(C)n1C(C)C. The summed E-state index contributed by atoms with van der Waals surface area (Å²) in [5.41, 5.74) is 9.26. The first-order valence-corrected chi connectivity index (χ1v) is 7.69. The van der Waals surface area contributed by atoms with Gasteiger partial charge < -0.3 is 20.1 Å². The molecule has 2 heterocycles. The summed E-state index contributed by atoms with van der Waals surface area (Å²) in [6.45, 7) is 6.26. The average molecular weight is 301 g/mol. The van der Waals surface area contributed by atoms with Gasteiger partial charge in [-0.1, -0.05) is 5.16 Å². The Kier molecular flexibility index (Phi) is 3.47. The van der Waals surface area contributed by atoms with Gasteiger partial charge in [-0.05, 0) is 33.6 Å². The quantitative estimate of drug-likeness (QED) is 0.584. The molecule has 0 radical (unpaired) electrons. The van der Waals surface area contributed by atoms with Crippen molar-refractivity contribution in [3.63, 3.8) is 0 Å². The van der Waals surface area contributed by atoms with Crippen molar-refractivity contribution in [2.45, 2.75) is 45.6 Å². The van der Waals surface area contributed by atoms with E-state index in [9.17, 15) is 0 Å². The Morgan fingerprint density at radius 2 is 2.18 bits per heavy atom. The van der Waals surface area contributed by atoms with E-state index in [1.807, 2.05) is 20.0 Å². The minimum absolute atomic E-state index is 0.0396. The number of anilines is 1. The molecule has 1 saturated carbocycles. The largest absolute Gasteiger partial charge is 0.384 e. The van der Waals surface area contributed by atoms with Crippen molar-refractivity contribution >= 4 is 11.7 Å². The van der Waals surface area contributed by atoms with E-state index < -0.39 is 0 Å². The van der Waals surface area contributed by atoms with Crippen molar-refractivity contribution in [3.05, 3.63) is 23.1 Å². The lowest BCUT2D eigenvalue weighted by molar-refractivity contribution is 0.386. The van der Waals surface area contributed by atoms with Crippen LogP contribution >= 0.6 is 0 Å². The molecule has 0 aliphatic heterocycles. The summed E-state index contributed by atoms with van der Waals surface area (Å²) in [6, 6.07) is 2.25. The number of hydrogen-bond acceptors (Lipinski definition) is 4. The molecule has 0 amide bonds. The van der Waals surface area contributed by atoms with Gasteiger partial charge in [-0.3, -0.25) is 5.41 Å². The molecule has 4 N–H and O–H groups in total. The zero-order valence-corrected chi connectivity index (χ0v) is 13.5. The van der Waals surface area contributed by atoms with Crippen LogP contribution in [0.4, 0.5) is 5.82 Å². The van der Waals surface area contributed by atoms with Gasteiger partial charge in [0.15, 0.2) is 0 Å². The molecular formula is C16H23N5O. The second kappa shape index (κ2) is 5.19. The Hall–Kier alpha value is -2.24. The van der Waals surface area contributed by atoms with Gasteiger partial charge in [0.25, 0.3) is 0 Å². The van der Waals surface area contributed by atoms with Gasteiger partial charge >= 0.3 is 0 Å². The molecule has 2 aromatic rings. The molecule has 0 aromatic carbocycles. The number of nitrogens with zero attached hydrogens (tertiary/aromatic N) is 2. The minimum Gasteiger partial charge on any atom is -0.384 e. The Balaban J connectivity index is 2.21. The predicted octanol–water partition coefficient (Wildman–Crippen LogP) is 3.24. The van der Waals surface area contributed by atoms with Crippen molar-refractivity contribution in [1.82, 2.24) is 9.72 Å². The van der Waals surface area contributed by atoms with Crippen LogP contribution in [0, 0.1) is 12.3 Å². The summed E-state index contributed by atoms with van der Waals surface area (Å²) in [6.07, 6.45) is 2.34. The highest BCUT2D eigenvalue weighted by Gasteiger charge is 2.30. The zero-order chi connectivity index (χ0) is 16.0.